The molecule has 22 heavy (non-hydrogen) atoms. The average molecular weight is 319 g/mol. The van der Waals surface area contributed by atoms with E-state index in [9.17, 15) is 13.2 Å². The molecule has 7 heteroatoms. The number of amides is 1. The molecule has 0 radical (unpaired) electrons. The third-order valence-corrected chi connectivity index (χ3v) is 4.74. The van der Waals surface area contributed by atoms with Crippen molar-refractivity contribution in [3.05, 3.63) is 42.1 Å². The van der Waals surface area contributed by atoms with E-state index in [1.54, 1.807) is 11.1 Å². The third kappa shape index (κ3) is 3.42. The number of carbonyl (C=O) groups excluding carboxylic acids is 1. The van der Waals surface area contributed by atoms with Gasteiger partial charge in [-0.15, -0.1) is 0 Å². The van der Waals surface area contributed by atoms with Crippen molar-refractivity contribution in [2.75, 3.05) is 12.3 Å². The molecule has 0 aliphatic carbocycles. The molecule has 0 spiro atoms. The molecule has 1 amide bonds. The van der Waals surface area contributed by atoms with Crippen LogP contribution in [0.15, 0.2) is 36.5 Å². The molecule has 0 saturated carbocycles. The molecule has 6 nitrogen and oxygen atoms in total. The van der Waals surface area contributed by atoms with E-state index in [2.05, 4.69) is 4.98 Å². The summed E-state index contributed by atoms with van der Waals surface area (Å²) in [5.41, 5.74) is 1.86. The molecule has 1 aliphatic rings. The largest absolute Gasteiger partial charge is 0.338 e. The van der Waals surface area contributed by atoms with Crippen LogP contribution in [0, 0.1) is 5.92 Å². The second-order valence-electron chi connectivity index (χ2n) is 5.70. The van der Waals surface area contributed by atoms with E-state index < -0.39 is 10.0 Å². The normalized spacial score (nSPS) is 19.0. The Hall–Kier alpha value is -1.99. The number of hydrogen-bond donors (Lipinski definition) is 1. The van der Waals surface area contributed by atoms with Gasteiger partial charge in [0.1, 0.15) is 0 Å². The highest BCUT2D eigenvalue weighted by molar-refractivity contribution is 7.89. The molecule has 1 aromatic heterocycles. The summed E-state index contributed by atoms with van der Waals surface area (Å²) in [4.78, 5) is 18.0. The molecule has 1 atom stereocenters. The Labute approximate surface area is 129 Å². The van der Waals surface area contributed by atoms with E-state index >= 15 is 0 Å². The number of primary sulfonamides is 1. The van der Waals surface area contributed by atoms with Crippen LogP contribution in [0.25, 0.3) is 10.9 Å². The molecule has 1 aromatic carbocycles. The summed E-state index contributed by atoms with van der Waals surface area (Å²) in [7, 11) is -3.54. The zero-order chi connectivity index (χ0) is 15.7. The minimum Gasteiger partial charge on any atom is -0.338 e. The molecule has 1 aliphatic heterocycles. The van der Waals surface area contributed by atoms with E-state index in [0.717, 1.165) is 16.5 Å². The number of likely N-dealkylation sites (tertiary alicyclic amines) is 1. The number of carbonyl (C=O) groups is 1. The highest BCUT2D eigenvalue weighted by atomic mass is 32.2. The lowest BCUT2D eigenvalue weighted by molar-refractivity contribution is -0.128. The van der Waals surface area contributed by atoms with E-state index in [1.165, 1.54) is 0 Å². The summed E-state index contributed by atoms with van der Waals surface area (Å²) in [6, 6.07) is 9.75. The van der Waals surface area contributed by atoms with Gasteiger partial charge in [0, 0.05) is 37.0 Å². The molecule has 116 valence electrons. The predicted octanol–water partition coefficient (Wildman–Crippen LogP) is 0.872. The number of aromatic nitrogens is 1. The van der Waals surface area contributed by atoms with Crippen LogP contribution in [0.2, 0.25) is 0 Å². The molecule has 2 N–H and O–H groups in total. The Morgan fingerprint density at radius 1 is 1.32 bits per heavy atom. The molecule has 1 saturated heterocycles. The Bertz CT molecular complexity index is 820. The quantitative estimate of drug-likeness (QED) is 0.905. The van der Waals surface area contributed by atoms with Gasteiger partial charge in [-0.25, -0.2) is 13.6 Å². The topological polar surface area (TPSA) is 93.4 Å². The first-order valence-corrected chi connectivity index (χ1v) is 8.74. The number of nitrogens with two attached hydrogens (primary N) is 1. The summed E-state index contributed by atoms with van der Waals surface area (Å²) < 4.78 is 22.3. The summed E-state index contributed by atoms with van der Waals surface area (Å²) in [6.45, 7) is 0.891. The minimum absolute atomic E-state index is 0.0326. The summed E-state index contributed by atoms with van der Waals surface area (Å²) in [5.74, 6) is -0.398. The van der Waals surface area contributed by atoms with Crippen LogP contribution in [0.3, 0.4) is 0 Å². The molecule has 1 unspecified atom stereocenters. The maximum absolute atomic E-state index is 12.0. The van der Waals surface area contributed by atoms with Gasteiger partial charge >= 0.3 is 0 Å². The van der Waals surface area contributed by atoms with E-state index in [0.29, 0.717) is 13.1 Å². The number of hydrogen-bond acceptors (Lipinski definition) is 4. The standard InChI is InChI=1S/C15H17N3O3S/c16-22(20,21)10-12-7-15(19)18(9-12)8-11-3-4-13-2-1-5-17-14(13)6-11/h1-6,12H,7-10H2,(H2,16,20,21). The monoisotopic (exact) mass is 319 g/mol. The lowest BCUT2D eigenvalue weighted by Crippen LogP contribution is -2.27. The van der Waals surface area contributed by atoms with Gasteiger partial charge < -0.3 is 4.90 Å². The molecular formula is C15H17N3O3S. The van der Waals surface area contributed by atoms with Crippen molar-refractivity contribution in [1.82, 2.24) is 9.88 Å². The lowest BCUT2D eigenvalue weighted by Gasteiger charge is -2.16. The van der Waals surface area contributed by atoms with Crippen LogP contribution >= 0.6 is 0 Å². The smallest absolute Gasteiger partial charge is 0.223 e. The lowest BCUT2D eigenvalue weighted by atomic mass is 10.1. The zero-order valence-corrected chi connectivity index (χ0v) is 12.8. The molecule has 0 bridgehead atoms. The molecule has 2 heterocycles. The van der Waals surface area contributed by atoms with Crippen LogP contribution in [0.1, 0.15) is 12.0 Å². The van der Waals surface area contributed by atoms with Gasteiger partial charge in [0.05, 0.1) is 11.3 Å². The van der Waals surface area contributed by atoms with Gasteiger partial charge in [-0.1, -0.05) is 18.2 Å². The van der Waals surface area contributed by atoms with Crippen LogP contribution in [-0.2, 0) is 21.4 Å². The van der Waals surface area contributed by atoms with Crippen molar-refractivity contribution in [3.8, 4) is 0 Å². The van der Waals surface area contributed by atoms with Crippen LogP contribution in [0.4, 0.5) is 0 Å². The zero-order valence-electron chi connectivity index (χ0n) is 12.0. The van der Waals surface area contributed by atoms with Gasteiger partial charge in [0.15, 0.2) is 0 Å². The number of nitrogens with zero attached hydrogens (tertiary/aromatic N) is 2. The van der Waals surface area contributed by atoms with Crippen molar-refractivity contribution in [1.29, 1.82) is 0 Å². The first kappa shape index (κ1) is 14.9. The van der Waals surface area contributed by atoms with E-state index in [-0.39, 0.29) is 24.0 Å². The van der Waals surface area contributed by atoms with E-state index in [1.807, 2.05) is 30.3 Å². The van der Waals surface area contributed by atoms with Crippen LogP contribution < -0.4 is 5.14 Å². The van der Waals surface area contributed by atoms with Crippen molar-refractivity contribution in [2.45, 2.75) is 13.0 Å². The number of sulfonamides is 1. The molecule has 3 rings (SSSR count). The van der Waals surface area contributed by atoms with Crippen LogP contribution in [-0.4, -0.2) is 36.5 Å². The average Bonchev–Trinajstić information content (AvgIpc) is 2.76. The van der Waals surface area contributed by atoms with Crippen molar-refractivity contribution in [3.63, 3.8) is 0 Å². The fourth-order valence-corrected chi connectivity index (χ4v) is 3.76. The van der Waals surface area contributed by atoms with Gasteiger partial charge in [-0.2, -0.15) is 0 Å². The number of pyridine rings is 1. The predicted molar refractivity (Wildman–Crippen MR) is 83.2 cm³/mol. The van der Waals surface area contributed by atoms with Crippen molar-refractivity contribution >= 4 is 26.8 Å². The van der Waals surface area contributed by atoms with Crippen LogP contribution in [0.5, 0.6) is 0 Å². The first-order chi connectivity index (χ1) is 10.4. The highest BCUT2D eigenvalue weighted by Gasteiger charge is 2.31. The fourth-order valence-electron chi connectivity index (χ4n) is 2.88. The minimum atomic E-state index is -3.54. The second kappa shape index (κ2) is 5.66. The SMILES string of the molecule is NS(=O)(=O)CC1CC(=O)N(Cc2ccc3cccnc3c2)C1. The van der Waals surface area contributed by atoms with Gasteiger partial charge in [0.25, 0.3) is 0 Å². The second-order valence-corrected chi connectivity index (χ2v) is 7.36. The number of benzene rings is 1. The molecule has 2 aromatic rings. The van der Waals surface area contributed by atoms with Gasteiger partial charge in [-0.05, 0) is 17.7 Å². The summed E-state index contributed by atoms with van der Waals surface area (Å²) in [6.07, 6.45) is 1.97. The van der Waals surface area contributed by atoms with Crippen molar-refractivity contribution in [2.24, 2.45) is 11.1 Å². The maximum Gasteiger partial charge on any atom is 0.223 e. The van der Waals surface area contributed by atoms with Gasteiger partial charge in [-0.3, -0.25) is 9.78 Å². The number of rotatable bonds is 4. The fraction of sp³-hybridized carbons (Fsp3) is 0.333. The Balaban J connectivity index is 1.73. The Morgan fingerprint density at radius 2 is 2.14 bits per heavy atom. The first-order valence-electron chi connectivity index (χ1n) is 7.02. The Kier molecular flexibility index (Phi) is 3.84. The summed E-state index contributed by atoms with van der Waals surface area (Å²) >= 11 is 0. The Morgan fingerprint density at radius 3 is 2.91 bits per heavy atom. The van der Waals surface area contributed by atoms with Crippen molar-refractivity contribution < 1.29 is 13.2 Å². The molecular weight excluding hydrogens is 302 g/mol. The number of fused-ring (bicyclic) bond motifs is 1. The van der Waals surface area contributed by atoms with Gasteiger partial charge in [0.2, 0.25) is 15.9 Å². The summed E-state index contributed by atoms with van der Waals surface area (Å²) in [5, 5.41) is 6.10. The maximum atomic E-state index is 12.0. The molecule has 1 fully saturated rings. The highest BCUT2D eigenvalue weighted by Crippen LogP contribution is 2.22. The van der Waals surface area contributed by atoms with E-state index in [4.69, 9.17) is 5.14 Å². The third-order valence-electron chi connectivity index (χ3n) is 3.81.